The molecule has 1 aliphatic carbocycles. The number of benzene rings is 1. The Morgan fingerprint density at radius 1 is 1.12 bits per heavy atom. The average molecular weight is 365 g/mol. The fraction of sp³-hybridized carbons (Fsp3) is 0.632. The van der Waals surface area contributed by atoms with E-state index in [-0.39, 0.29) is 11.9 Å². The van der Waals surface area contributed by atoms with Crippen molar-refractivity contribution in [3.63, 3.8) is 0 Å². The van der Waals surface area contributed by atoms with Crippen LogP contribution in [0.25, 0.3) is 0 Å². The van der Waals surface area contributed by atoms with Crippen LogP contribution < -0.4 is 20.1 Å². The normalized spacial score (nSPS) is 23.6. The van der Waals surface area contributed by atoms with Gasteiger partial charge in [-0.25, -0.2) is 0 Å². The van der Waals surface area contributed by atoms with Crippen LogP contribution in [-0.4, -0.2) is 49.8 Å². The van der Waals surface area contributed by atoms with Gasteiger partial charge in [0, 0.05) is 23.7 Å². The molecule has 6 heteroatoms. The van der Waals surface area contributed by atoms with Gasteiger partial charge in [0.15, 0.2) is 0 Å². The highest BCUT2D eigenvalue weighted by atomic mass is 32.2. The molecule has 138 valence electrons. The summed E-state index contributed by atoms with van der Waals surface area (Å²) in [6.45, 7) is 0. The Balaban J connectivity index is 1.52. The van der Waals surface area contributed by atoms with E-state index in [1.807, 2.05) is 30.0 Å². The van der Waals surface area contributed by atoms with Gasteiger partial charge in [-0.3, -0.25) is 4.79 Å². The zero-order valence-electron chi connectivity index (χ0n) is 15.0. The third-order valence-electron chi connectivity index (χ3n) is 5.13. The van der Waals surface area contributed by atoms with E-state index in [4.69, 9.17) is 9.47 Å². The summed E-state index contributed by atoms with van der Waals surface area (Å²) in [7, 11) is 3.25. The summed E-state index contributed by atoms with van der Waals surface area (Å²) < 4.78 is 10.6. The van der Waals surface area contributed by atoms with E-state index in [1.54, 1.807) is 14.2 Å². The Hall–Kier alpha value is -1.40. The van der Waals surface area contributed by atoms with Crippen LogP contribution in [0.5, 0.6) is 11.5 Å². The van der Waals surface area contributed by atoms with E-state index in [9.17, 15) is 4.79 Å². The largest absolute Gasteiger partial charge is 0.497 e. The fourth-order valence-corrected chi connectivity index (χ4v) is 4.60. The molecule has 2 fully saturated rings. The molecule has 25 heavy (non-hydrogen) atoms. The molecule has 2 N–H and O–H groups in total. The molecule has 0 aromatic heterocycles. The molecular weight excluding hydrogens is 336 g/mol. The first-order chi connectivity index (χ1) is 12.2. The minimum atomic E-state index is 0.0438. The van der Waals surface area contributed by atoms with Crippen LogP contribution in [0.4, 0.5) is 0 Å². The van der Waals surface area contributed by atoms with Crippen molar-refractivity contribution in [1.82, 2.24) is 10.6 Å². The first-order valence-electron chi connectivity index (χ1n) is 9.03. The molecule has 0 radical (unpaired) electrons. The molecular formula is C19H28N2O3S. The maximum absolute atomic E-state index is 12.5. The lowest BCUT2D eigenvalue weighted by Crippen LogP contribution is -2.59. The lowest BCUT2D eigenvalue weighted by atomic mass is 9.85. The Bertz CT molecular complexity index is 590. The predicted octanol–water partition coefficient (Wildman–Crippen LogP) is 2.38. The molecule has 2 aliphatic rings. The molecule has 0 spiro atoms. The molecule has 5 nitrogen and oxygen atoms in total. The Kier molecular flexibility index (Phi) is 6.48. The zero-order valence-corrected chi connectivity index (χ0v) is 15.9. The third kappa shape index (κ3) is 4.82. The number of methoxy groups -OCH3 is 2. The highest BCUT2D eigenvalue weighted by Crippen LogP contribution is 2.26. The fourth-order valence-electron chi connectivity index (χ4n) is 3.49. The van der Waals surface area contributed by atoms with Crippen molar-refractivity contribution in [2.24, 2.45) is 0 Å². The lowest BCUT2D eigenvalue weighted by Gasteiger charge is -2.41. The van der Waals surface area contributed by atoms with Crippen molar-refractivity contribution in [1.29, 1.82) is 0 Å². The number of ether oxygens (including phenoxy) is 2. The molecule has 1 aromatic carbocycles. The number of hydrogen-bond acceptors (Lipinski definition) is 5. The van der Waals surface area contributed by atoms with E-state index in [2.05, 4.69) is 10.6 Å². The summed E-state index contributed by atoms with van der Waals surface area (Å²) in [5, 5.41) is 6.93. The van der Waals surface area contributed by atoms with Crippen molar-refractivity contribution >= 4 is 17.7 Å². The van der Waals surface area contributed by atoms with Crippen LogP contribution >= 0.6 is 11.8 Å². The maximum Gasteiger partial charge on any atom is 0.224 e. The Labute approximate surface area is 154 Å². The van der Waals surface area contributed by atoms with Gasteiger partial charge in [0.1, 0.15) is 11.5 Å². The van der Waals surface area contributed by atoms with E-state index >= 15 is 0 Å². The van der Waals surface area contributed by atoms with Crippen LogP contribution in [-0.2, 0) is 11.2 Å². The van der Waals surface area contributed by atoms with Gasteiger partial charge in [-0.2, -0.15) is 11.8 Å². The van der Waals surface area contributed by atoms with Crippen LogP contribution in [0.3, 0.4) is 0 Å². The first kappa shape index (κ1) is 18.4. The van der Waals surface area contributed by atoms with E-state index in [1.165, 1.54) is 24.3 Å². The molecule has 0 unspecified atom stereocenters. The molecule has 2 atom stereocenters. The smallest absolute Gasteiger partial charge is 0.224 e. The SMILES string of the molecule is COc1ccc(OC)c(CC(=O)N[C@H]2CC[C@H]2NC2CCSCC2)c1. The van der Waals surface area contributed by atoms with Crippen molar-refractivity contribution in [3.05, 3.63) is 23.8 Å². The molecule has 1 amide bonds. The van der Waals surface area contributed by atoms with Crippen molar-refractivity contribution in [2.75, 3.05) is 25.7 Å². The quantitative estimate of drug-likeness (QED) is 0.778. The third-order valence-corrected chi connectivity index (χ3v) is 6.18. The molecule has 1 aromatic rings. The summed E-state index contributed by atoms with van der Waals surface area (Å²) in [6, 6.07) is 6.84. The van der Waals surface area contributed by atoms with Gasteiger partial charge in [0.25, 0.3) is 0 Å². The van der Waals surface area contributed by atoms with Crippen molar-refractivity contribution in [3.8, 4) is 11.5 Å². The molecule has 1 heterocycles. The highest BCUT2D eigenvalue weighted by Gasteiger charge is 2.33. The first-order valence-corrected chi connectivity index (χ1v) is 10.2. The predicted molar refractivity (Wildman–Crippen MR) is 102 cm³/mol. The summed E-state index contributed by atoms with van der Waals surface area (Å²) in [6.07, 6.45) is 4.99. The number of amides is 1. The van der Waals surface area contributed by atoms with Gasteiger partial charge < -0.3 is 20.1 Å². The zero-order chi connectivity index (χ0) is 17.6. The summed E-state index contributed by atoms with van der Waals surface area (Å²) in [4.78, 5) is 12.5. The summed E-state index contributed by atoms with van der Waals surface area (Å²) in [5.74, 6) is 4.00. The van der Waals surface area contributed by atoms with E-state index in [0.717, 1.165) is 29.9 Å². The number of nitrogens with one attached hydrogen (secondary N) is 2. The van der Waals surface area contributed by atoms with Crippen LogP contribution in [0.1, 0.15) is 31.2 Å². The second-order valence-corrected chi connectivity index (χ2v) is 7.99. The highest BCUT2D eigenvalue weighted by molar-refractivity contribution is 7.99. The minimum absolute atomic E-state index is 0.0438. The second kappa shape index (κ2) is 8.81. The summed E-state index contributed by atoms with van der Waals surface area (Å²) in [5.41, 5.74) is 0.854. The van der Waals surface area contributed by atoms with Gasteiger partial charge in [-0.15, -0.1) is 0 Å². The van der Waals surface area contributed by atoms with Crippen molar-refractivity contribution in [2.45, 2.75) is 50.2 Å². The van der Waals surface area contributed by atoms with Crippen LogP contribution in [0.15, 0.2) is 18.2 Å². The van der Waals surface area contributed by atoms with Gasteiger partial charge in [0.05, 0.1) is 20.6 Å². The lowest BCUT2D eigenvalue weighted by molar-refractivity contribution is -0.122. The number of rotatable bonds is 7. The Morgan fingerprint density at radius 2 is 1.88 bits per heavy atom. The van der Waals surface area contributed by atoms with Crippen molar-refractivity contribution < 1.29 is 14.3 Å². The number of hydrogen-bond donors (Lipinski definition) is 2. The minimum Gasteiger partial charge on any atom is -0.497 e. The summed E-state index contributed by atoms with van der Waals surface area (Å²) >= 11 is 2.04. The Morgan fingerprint density at radius 3 is 2.52 bits per heavy atom. The van der Waals surface area contributed by atoms with Crippen LogP contribution in [0, 0.1) is 0 Å². The number of thioether (sulfide) groups is 1. The number of carbonyl (C=O) groups excluding carboxylic acids is 1. The molecule has 1 saturated carbocycles. The molecule has 1 saturated heterocycles. The standard InChI is InChI=1S/C19H28N2O3S/c1-23-15-3-6-18(24-2)13(11-15)12-19(22)21-17-5-4-16(17)20-14-7-9-25-10-8-14/h3,6,11,14,16-17,20H,4-5,7-10,12H2,1-2H3,(H,21,22)/t16-,17+/m1/s1. The van der Waals surface area contributed by atoms with Gasteiger partial charge in [-0.1, -0.05) is 0 Å². The molecule has 1 aliphatic heterocycles. The molecule has 3 rings (SSSR count). The monoisotopic (exact) mass is 364 g/mol. The van der Waals surface area contributed by atoms with Gasteiger partial charge >= 0.3 is 0 Å². The van der Waals surface area contributed by atoms with E-state index in [0.29, 0.717) is 18.5 Å². The van der Waals surface area contributed by atoms with Crippen LogP contribution in [0.2, 0.25) is 0 Å². The number of carbonyl (C=O) groups is 1. The average Bonchev–Trinajstić information content (AvgIpc) is 2.64. The van der Waals surface area contributed by atoms with Gasteiger partial charge in [0.2, 0.25) is 5.91 Å². The second-order valence-electron chi connectivity index (χ2n) is 6.77. The van der Waals surface area contributed by atoms with Gasteiger partial charge in [-0.05, 0) is 55.4 Å². The molecule has 0 bridgehead atoms. The van der Waals surface area contributed by atoms with E-state index < -0.39 is 0 Å². The maximum atomic E-state index is 12.5. The topological polar surface area (TPSA) is 59.6 Å².